The first-order valence-corrected chi connectivity index (χ1v) is 13.7. The summed E-state index contributed by atoms with van der Waals surface area (Å²) < 4.78 is 28.6. The van der Waals surface area contributed by atoms with Crippen molar-refractivity contribution in [3.8, 4) is 28.7 Å². The quantitative estimate of drug-likeness (QED) is 0.183. The van der Waals surface area contributed by atoms with E-state index in [1.807, 2.05) is 13.0 Å². The number of aliphatic hydroxyl groups excluding tert-OH is 1. The third-order valence-electron chi connectivity index (χ3n) is 6.85. The third kappa shape index (κ3) is 4.57. The summed E-state index contributed by atoms with van der Waals surface area (Å²) in [5.74, 6) is 0.544. The van der Waals surface area contributed by atoms with Crippen molar-refractivity contribution in [3.05, 3.63) is 71.3 Å². The third-order valence-corrected chi connectivity index (χ3v) is 7.87. The lowest BCUT2D eigenvalue weighted by Gasteiger charge is -2.24. The zero-order valence-electron chi connectivity index (χ0n) is 22.5. The number of thiazole rings is 1. The Morgan fingerprint density at radius 3 is 2.56 bits per heavy atom. The first-order chi connectivity index (χ1) is 19.9. The highest BCUT2D eigenvalue weighted by Crippen LogP contribution is 2.46. The number of fused-ring (bicyclic) bond motifs is 2. The van der Waals surface area contributed by atoms with Gasteiger partial charge in [-0.25, -0.2) is 4.98 Å². The number of amides is 1. The summed E-state index contributed by atoms with van der Waals surface area (Å²) in [6.45, 7) is 3.05. The summed E-state index contributed by atoms with van der Waals surface area (Å²) in [6.07, 6.45) is 0. The van der Waals surface area contributed by atoms with Crippen molar-refractivity contribution in [1.29, 1.82) is 0 Å². The summed E-state index contributed by atoms with van der Waals surface area (Å²) in [6, 6.07) is 14.4. The molecule has 1 aromatic heterocycles. The number of benzene rings is 3. The van der Waals surface area contributed by atoms with E-state index in [-0.39, 0.29) is 11.3 Å². The molecule has 6 rings (SSSR count). The van der Waals surface area contributed by atoms with Gasteiger partial charge in [0.2, 0.25) is 0 Å². The Hall–Kier alpha value is -4.77. The van der Waals surface area contributed by atoms with Gasteiger partial charge in [0.25, 0.3) is 5.78 Å². The molecule has 2 aliphatic rings. The Kier molecular flexibility index (Phi) is 6.88. The highest BCUT2D eigenvalue weighted by atomic mass is 32.1. The van der Waals surface area contributed by atoms with E-state index in [2.05, 4.69) is 4.98 Å². The largest absolute Gasteiger partial charge is 0.507 e. The summed E-state index contributed by atoms with van der Waals surface area (Å²) >= 11 is 1.24. The molecule has 11 heteroatoms. The standard InChI is InChI=1S/C30H26N2O8S/c1-4-38-20-9-5-16(13-22(20)37-3)26-25(27(33)17-6-10-21-23(14-17)40-12-11-39-21)28(34)29(35)32(26)30-31-19-8-7-18(36-2)15-24(19)41-30/h5-10,13-15,26,33H,4,11-12H2,1-3H3/t26-/m0/s1. The summed E-state index contributed by atoms with van der Waals surface area (Å²) in [7, 11) is 3.08. The fourth-order valence-corrected chi connectivity index (χ4v) is 5.96. The molecular formula is C30H26N2O8S. The molecule has 0 spiro atoms. The molecule has 1 saturated heterocycles. The Balaban J connectivity index is 1.54. The van der Waals surface area contributed by atoms with Gasteiger partial charge in [0.05, 0.1) is 42.7 Å². The molecule has 0 bridgehead atoms. The minimum Gasteiger partial charge on any atom is -0.507 e. The molecule has 3 heterocycles. The number of hydrogen-bond donors (Lipinski definition) is 1. The van der Waals surface area contributed by atoms with Gasteiger partial charge in [0.15, 0.2) is 28.1 Å². The second kappa shape index (κ2) is 10.7. The lowest BCUT2D eigenvalue weighted by atomic mass is 9.95. The number of carbonyl (C=O) groups excluding carboxylic acids is 2. The van der Waals surface area contributed by atoms with Crippen LogP contribution in [0.2, 0.25) is 0 Å². The number of carbonyl (C=O) groups is 2. The maximum atomic E-state index is 13.7. The van der Waals surface area contributed by atoms with Crippen molar-refractivity contribution in [1.82, 2.24) is 4.98 Å². The maximum absolute atomic E-state index is 13.7. The number of Topliss-reactive ketones (excluding diaryl/α,β-unsaturated/α-hetero) is 1. The van der Waals surface area contributed by atoms with Crippen LogP contribution < -0.4 is 28.6 Å². The van der Waals surface area contributed by atoms with E-state index in [9.17, 15) is 14.7 Å². The van der Waals surface area contributed by atoms with Crippen molar-refractivity contribution in [2.24, 2.45) is 0 Å². The molecule has 1 atom stereocenters. The van der Waals surface area contributed by atoms with Gasteiger partial charge in [-0.1, -0.05) is 17.4 Å². The van der Waals surface area contributed by atoms with E-state index >= 15 is 0 Å². The van der Waals surface area contributed by atoms with Gasteiger partial charge >= 0.3 is 5.91 Å². The molecule has 0 aliphatic carbocycles. The highest BCUT2D eigenvalue weighted by Gasteiger charge is 2.48. The molecule has 10 nitrogen and oxygen atoms in total. The average molecular weight is 575 g/mol. The number of methoxy groups -OCH3 is 2. The van der Waals surface area contributed by atoms with Gasteiger partial charge in [-0.05, 0) is 61.0 Å². The Morgan fingerprint density at radius 2 is 1.80 bits per heavy atom. The van der Waals surface area contributed by atoms with E-state index in [0.717, 1.165) is 4.70 Å². The topological polar surface area (TPSA) is 117 Å². The molecular weight excluding hydrogens is 548 g/mol. The van der Waals surface area contributed by atoms with Gasteiger partial charge < -0.3 is 28.8 Å². The van der Waals surface area contributed by atoms with Crippen LogP contribution >= 0.6 is 11.3 Å². The summed E-state index contributed by atoms with van der Waals surface area (Å²) in [5, 5.41) is 11.9. The van der Waals surface area contributed by atoms with Crippen LogP contribution in [0.15, 0.2) is 60.2 Å². The first-order valence-electron chi connectivity index (χ1n) is 12.9. The Labute approximate surface area is 239 Å². The molecule has 2 aliphatic heterocycles. The number of ketones is 1. The molecule has 41 heavy (non-hydrogen) atoms. The maximum Gasteiger partial charge on any atom is 0.301 e. The predicted molar refractivity (Wildman–Crippen MR) is 153 cm³/mol. The number of ether oxygens (including phenoxy) is 5. The molecule has 1 amide bonds. The van der Waals surface area contributed by atoms with Crippen LogP contribution in [-0.2, 0) is 9.59 Å². The predicted octanol–water partition coefficient (Wildman–Crippen LogP) is 5.11. The normalized spacial score (nSPS) is 17.6. The molecule has 4 aromatic rings. The molecule has 0 unspecified atom stereocenters. The number of aromatic nitrogens is 1. The number of hydrogen-bond acceptors (Lipinski definition) is 10. The smallest absolute Gasteiger partial charge is 0.301 e. The van der Waals surface area contributed by atoms with Gasteiger partial charge in [0, 0.05) is 5.56 Å². The van der Waals surface area contributed by atoms with Crippen molar-refractivity contribution in [2.75, 3.05) is 38.9 Å². The molecule has 3 aromatic carbocycles. The minimum atomic E-state index is -1.00. The Morgan fingerprint density at radius 1 is 1.00 bits per heavy atom. The van der Waals surface area contributed by atoms with Crippen LogP contribution in [-0.4, -0.2) is 55.8 Å². The Bertz CT molecular complexity index is 1710. The van der Waals surface area contributed by atoms with E-state index in [0.29, 0.717) is 70.3 Å². The SMILES string of the molecule is CCOc1ccc([C@H]2C(=C(O)c3ccc4c(c3)OCCO4)C(=O)C(=O)N2c2nc3ccc(OC)cc3s2)cc1OC. The summed E-state index contributed by atoms with van der Waals surface area (Å²) in [5.41, 5.74) is 1.39. The van der Waals surface area contributed by atoms with Crippen LogP contribution in [0, 0.1) is 0 Å². The van der Waals surface area contributed by atoms with Crippen molar-refractivity contribution >= 4 is 44.1 Å². The average Bonchev–Trinajstić information content (AvgIpc) is 3.54. The van der Waals surface area contributed by atoms with E-state index in [1.54, 1.807) is 55.6 Å². The lowest BCUT2D eigenvalue weighted by Crippen LogP contribution is -2.29. The molecule has 1 fully saturated rings. The van der Waals surface area contributed by atoms with E-state index in [1.165, 1.54) is 23.3 Å². The second-order valence-corrected chi connectivity index (χ2v) is 10.2. The van der Waals surface area contributed by atoms with Crippen molar-refractivity contribution in [3.63, 3.8) is 0 Å². The lowest BCUT2D eigenvalue weighted by molar-refractivity contribution is -0.132. The van der Waals surface area contributed by atoms with Gasteiger partial charge in [0.1, 0.15) is 24.7 Å². The van der Waals surface area contributed by atoms with Gasteiger partial charge in [-0.15, -0.1) is 0 Å². The fourth-order valence-electron chi connectivity index (χ4n) is 4.94. The molecule has 1 N–H and O–H groups in total. The monoisotopic (exact) mass is 574 g/mol. The first kappa shape index (κ1) is 26.5. The fraction of sp³-hybridized carbons (Fsp3) is 0.233. The van der Waals surface area contributed by atoms with Crippen LogP contribution in [0.4, 0.5) is 5.13 Å². The zero-order chi connectivity index (χ0) is 28.7. The molecule has 210 valence electrons. The van der Waals surface area contributed by atoms with E-state index in [4.69, 9.17) is 23.7 Å². The van der Waals surface area contributed by atoms with Crippen LogP contribution in [0.3, 0.4) is 0 Å². The number of rotatable bonds is 7. The summed E-state index contributed by atoms with van der Waals surface area (Å²) in [4.78, 5) is 33.3. The van der Waals surface area contributed by atoms with Gasteiger partial charge in [-0.2, -0.15) is 0 Å². The van der Waals surface area contributed by atoms with Crippen molar-refractivity contribution in [2.45, 2.75) is 13.0 Å². The number of nitrogens with zero attached hydrogens (tertiary/aromatic N) is 2. The second-order valence-electron chi connectivity index (χ2n) is 9.20. The van der Waals surface area contributed by atoms with E-state index < -0.39 is 17.7 Å². The zero-order valence-corrected chi connectivity index (χ0v) is 23.3. The van der Waals surface area contributed by atoms with Gasteiger partial charge in [-0.3, -0.25) is 14.5 Å². The minimum absolute atomic E-state index is 0.0882. The molecule has 0 radical (unpaired) electrons. The molecule has 0 saturated carbocycles. The number of aliphatic hydroxyl groups is 1. The van der Waals surface area contributed by atoms with Crippen LogP contribution in [0.5, 0.6) is 28.7 Å². The highest BCUT2D eigenvalue weighted by molar-refractivity contribution is 7.22. The van der Waals surface area contributed by atoms with Crippen molar-refractivity contribution < 1.29 is 38.4 Å². The van der Waals surface area contributed by atoms with Crippen LogP contribution in [0.25, 0.3) is 16.0 Å². The number of anilines is 1. The van der Waals surface area contributed by atoms with Crippen LogP contribution in [0.1, 0.15) is 24.1 Å².